The lowest BCUT2D eigenvalue weighted by Crippen LogP contribution is -2.24. The lowest BCUT2D eigenvalue weighted by Gasteiger charge is -2.14. The van der Waals surface area contributed by atoms with Crippen LogP contribution in [0.15, 0.2) is 35.7 Å². The molecule has 0 radical (unpaired) electrons. The van der Waals surface area contributed by atoms with Crippen molar-refractivity contribution in [2.24, 2.45) is 5.92 Å². The highest BCUT2D eigenvalue weighted by Gasteiger charge is 2.22. The normalized spacial score (nSPS) is 19.6. The standard InChI is InChI=1S/C16H21N3S/c1-17-9-13-7-8-19(10-13)11-15-12-20-16(18-15)14-5-3-2-4-6-14/h2-6,12-13,17H,7-11H2,1H3. The number of nitrogens with zero attached hydrogens (tertiary/aromatic N) is 2. The SMILES string of the molecule is CNCC1CCN(Cc2csc(-c3ccccc3)n2)C1. The molecule has 0 spiro atoms. The van der Waals surface area contributed by atoms with E-state index < -0.39 is 0 Å². The zero-order valence-corrected chi connectivity index (χ0v) is 12.7. The molecule has 1 aromatic carbocycles. The van der Waals surface area contributed by atoms with Gasteiger partial charge in [-0.15, -0.1) is 11.3 Å². The van der Waals surface area contributed by atoms with Gasteiger partial charge in [0.05, 0.1) is 5.69 Å². The number of nitrogens with one attached hydrogen (secondary N) is 1. The van der Waals surface area contributed by atoms with Gasteiger partial charge in [0.15, 0.2) is 0 Å². The van der Waals surface area contributed by atoms with Crippen LogP contribution in [0.2, 0.25) is 0 Å². The Bertz CT molecular complexity index is 538. The van der Waals surface area contributed by atoms with Gasteiger partial charge in [-0.25, -0.2) is 4.98 Å². The molecule has 1 saturated heterocycles. The predicted octanol–water partition coefficient (Wildman–Crippen LogP) is 2.85. The molecule has 1 atom stereocenters. The number of rotatable bonds is 5. The van der Waals surface area contributed by atoms with E-state index in [1.165, 1.54) is 30.8 Å². The maximum atomic E-state index is 4.78. The Hall–Kier alpha value is -1.23. The molecule has 1 aliphatic rings. The van der Waals surface area contributed by atoms with Crippen molar-refractivity contribution in [1.29, 1.82) is 0 Å². The summed E-state index contributed by atoms with van der Waals surface area (Å²) in [6, 6.07) is 10.4. The van der Waals surface area contributed by atoms with Crippen LogP contribution in [0, 0.1) is 5.92 Å². The molecule has 20 heavy (non-hydrogen) atoms. The number of aromatic nitrogens is 1. The maximum Gasteiger partial charge on any atom is 0.123 e. The molecule has 2 heterocycles. The first-order valence-electron chi connectivity index (χ1n) is 7.22. The molecule has 0 amide bonds. The predicted molar refractivity (Wildman–Crippen MR) is 84.9 cm³/mol. The van der Waals surface area contributed by atoms with Gasteiger partial charge in [0.25, 0.3) is 0 Å². The molecular formula is C16H21N3S. The Balaban J connectivity index is 1.61. The van der Waals surface area contributed by atoms with Crippen molar-refractivity contribution in [3.05, 3.63) is 41.4 Å². The van der Waals surface area contributed by atoms with Gasteiger partial charge in [-0.05, 0) is 32.5 Å². The second-order valence-corrected chi connectivity index (χ2v) is 6.32. The third-order valence-corrected chi connectivity index (χ3v) is 4.76. The summed E-state index contributed by atoms with van der Waals surface area (Å²) < 4.78 is 0. The summed E-state index contributed by atoms with van der Waals surface area (Å²) in [7, 11) is 2.04. The summed E-state index contributed by atoms with van der Waals surface area (Å²) in [5.74, 6) is 0.798. The van der Waals surface area contributed by atoms with Crippen molar-refractivity contribution >= 4 is 11.3 Å². The lowest BCUT2D eigenvalue weighted by molar-refractivity contribution is 0.312. The van der Waals surface area contributed by atoms with E-state index in [2.05, 4.69) is 39.9 Å². The number of benzene rings is 1. The molecule has 3 rings (SSSR count). The molecule has 1 fully saturated rings. The summed E-state index contributed by atoms with van der Waals surface area (Å²) in [5.41, 5.74) is 2.43. The van der Waals surface area contributed by atoms with Crippen LogP contribution in [-0.2, 0) is 6.54 Å². The van der Waals surface area contributed by atoms with Gasteiger partial charge in [0.2, 0.25) is 0 Å². The van der Waals surface area contributed by atoms with Gasteiger partial charge in [-0.3, -0.25) is 4.90 Å². The van der Waals surface area contributed by atoms with Crippen molar-refractivity contribution in [2.75, 3.05) is 26.7 Å². The second kappa shape index (κ2) is 6.48. The van der Waals surface area contributed by atoms with Gasteiger partial charge in [0.1, 0.15) is 5.01 Å². The average Bonchev–Trinajstić information content (AvgIpc) is 3.11. The fourth-order valence-electron chi connectivity index (χ4n) is 2.83. The molecule has 106 valence electrons. The zero-order chi connectivity index (χ0) is 13.8. The Morgan fingerprint density at radius 3 is 3.00 bits per heavy atom. The van der Waals surface area contributed by atoms with Gasteiger partial charge in [-0.2, -0.15) is 0 Å². The highest BCUT2D eigenvalue weighted by molar-refractivity contribution is 7.13. The fraction of sp³-hybridized carbons (Fsp3) is 0.438. The van der Waals surface area contributed by atoms with Crippen LogP contribution < -0.4 is 5.32 Å². The van der Waals surface area contributed by atoms with Crippen LogP contribution in [0.1, 0.15) is 12.1 Å². The molecule has 1 aliphatic heterocycles. The zero-order valence-electron chi connectivity index (χ0n) is 11.9. The summed E-state index contributed by atoms with van der Waals surface area (Å²) in [6.07, 6.45) is 1.30. The number of likely N-dealkylation sites (tertiary alicyclic amines) is 1. The van der Waals surface area contributed by atoms with Crippen LogP contribution in [-0.4, -0.2) is 36.6 Å². The lowest BCUT2D eigenvalue weighted by atomic mass is 10.1. The molecule has 0 saturated carbocycles. The Morgan fingerprint density at radius 2 is 2.20 bits per heavy atom. The molecule has 1 unspecified atom stereocenters. The van der Waals surface area contributed by atoms with Crippen molar-refractivity contribution in [3.8, 4) is 10.6 Å². The quantitative estimate of drug-likeness (QED) is 0.916. The maximum absolute atomic E-state index is 4.78. The smallest absolute Gasteiger partial charge is 0.123 e. The molecule has 1 N–H and O–H groups in total. The van der Waals surface area contributed by atoms with Crippen molar-refractivity contribution in [3.63, 3.8) is 0 Å². The Morgan fingerprint density at radius 1 is 1.35 bits per heavy atom. The molecule has 0 aliphatic carbocycles. The first kappa shape index (κ1) is 13.7. The molecular weight excluding hydrogens is 266 g/mol. The van der Waals surface area contributed by atoms with Gasteiger partial charge in [0, 0.05) is 24.0 Å². The topological polar surface area (TPSA) is 28.2 Å². The molecule has 0 bridgehead atoms. The summed E-state index contributed by atoms with van der Waals surface area (Å²) in [6.45, 7) is 4.51. The van der Waals surface area contributed by atoms with E-state index >= 15 is 0 Å². The molecule has 2 aromatic rings. The van der Waals surface area contributed by atoms with Crippen molar-refractivity contribution in [2.45, 2.75) is 13.0 Å². The minimum Gasteiger partial charge on any atom is -0.319 e. The van der Waals surface area contributed by atoms with Gasteiger partial charge in [-0.1, -0.05) is 30.3 Å². The van der Waals surface area contributed by atoms with E-state index in [9.17, 15) is 0 Å². The van der Waals surface area contributed by atoms with Crippen LogP contribution >= 0.6 is 11.3 Å². The van der Waals surface area contributed by atoms with Crippen LogP contribution in [0.25, 0.3) is 10.6 Å². The van der Waals surface area contributed by atoms with Gasteiger partial charge >= 0.3 is 0 Å². The summed E-state index contributed by atoms with van der Waals surface area (Å²) in [4.78, 5) is 7.30. The minimum absolute atomic E-state index is 0.798. The molecule has 4 heteroatoms. The fourth-order valence-corrected chi connectivity index (χ4v) is 3.65. The van der Waals surface area contributed by atoms with Crippen LogP contribution in [0.5, 0.6) is 0 Å². The van der Waals surface area contributed by atoms with Crippen molar-refractivity contribution in [1.82, 2.24) is 15.2 Å². The molecule has 1 aromatic heterocycles. The van der Waals surface area contributed by atoms with E-state index in [1.807, 2.05) is 13.1 Å². The number of hydrogen-bond acceptors (Lipinski definition) is 4. The van der Waals surface area contributed by atoms with Crippen molar-refractivity contribution < 1.29 is 0 Å². The second-order valence-electron chi connectivity index (χ2n) is 5.46. The van der Waals surface area contributed by atoms with E-state index in [4.69, 9.17) is 4.98 Å². The third-order valence-electron chi connectivity index (χ3n) is 3.82. The van der Waals surface area contributed by atoms with E-state index in [-0.39, 0.29) is 0 Å². The Kier molecular flexibility index (Phi) is 4.45. The Labute approximate surface area is 124 Å². The third kappa shape index (κ3) is 3.26. The first-order chi connectivity index (χ1) is 9.85. The number of thiazole rings is 1. The van der Waals surface area contributed by atoms with Gasteiger partial charge < -0.3 is 5.32 Å². The van der Waals surface area contributed by atoms with E-state index in [1.54, 1.807) is 11.3 Å². The monoisotopic (exact) mass is 287 g/mol. The largest absolute Gasteiger partial charge is 0.319 e. The molecule has 3 nitrogen and oxygen atoms in total. The summed E-state index contributed by atoms with van der Waals surface area (Å²) in [5, 5.41) is 6.61. The number of hydrogen-bond donors (Lipinski definition) is 1. The highest BCUT2D eigenvalue weighted by Crippen LogP contribution is 2.25. The average molecular weight is 287 g/mol. The van der Waals surface area contributed by atoms with Crippen LogP contribution in [0.4, 0.5) is 0 Å². The van der Waals surface area contributed by atoms with E-state index in [0.29, 0.717) is 0 Å². The minimum atomic E-state index is 0.798. The summed E-state index contributed by atoms with van der Waals surface area (Å²) >= 11 is 1.75. The highest BCUT2D eigenvalue weighted by atomic mass is 32.1. The first-order valence-corrected chi connectivity index (χ1v) is 8.10. The van der Waals surface area contributed by atoms with E-state index in [0.717, 1.165) is 24.0 Å². The van der Waals surface area contributed by atoms with Crippen LogP contribution in [0.3, 0.4) is 0 Å².